The minimum absolute atomic E-state index is 0.0600. The molecule has 5 fully saturated rings. The lowest BCUT2D eigenvalue weighted by molar-refractivity contribution is -0.301. The Labute approximate surface area is 174 Å². The summed E-state index contributed by atoms with van der Waals surface area (Å²) in [5, 5.41) is 12.1. The fraction of sp³-hybridized carbons (Fsp3) is 0.958. The lowest BCUT2D eigenvalue weighted by Gasteiger charge is -2.66. The summed E-state index contributed by atoms with van der Waals surface area (Å²) in [5.74, 6) is 1.22. The molecule has 1 spiro atoms. The van der Waals surface area contributed by atoms with Crippen LogP contribution in [0.25, 0.3) is 0 Å². The van der Waals surface area contributed by atoms with Crippen LogP contribution in [0.2, 0.25) is 0 Å². The van der Waals surface area contributed by atoms with E-state index in [2.05, 4.69) is 20.8 Å². The molecule has 4 saturated carbocycles. The molecule has 164 valence electrons. The van der Waals surface area contributed by atoms with Crippen molar-refractivity contribution in [2.24, 2.45) is 34.5 Å². The van der Waals surface area contributed by atoms with Crippen LogP contribution < -0.4 is 0 Å². The van der Waals surface area contributed by atoms with Gasteiger partial charge in [-0.3, -0.25) is 4.79 Å². The predicted molar refractivity (Wildman–Crippen MR) is 108 cm³/mol. The molecule has 0 aromatic heterocycles. The van der Waals surface area contributed by atoms with Crippen molar-refractivity contribution < 1.29 is 24.1 Å². The second kappa shape index (κ2) is 6.43. The number of hydrogen-bond donors (Lipinski definition) is 1. The van der Waals surface area contributed by atoms with Crippen molar-refractivity contribution in [3.63, 3.8) is 0 Å². The van der Waals surface area contributed by atoms with Crippen LogP contribution in [0.1, 0.15) is 79.1 Å². The SMILES string of the molecule is CC(=O)O[C@H]1CC[C@H]2[C@@H]3C[C@@H](C)[C@@]4(O)CC5(CC[C@]4(C)[C@H]3CC[C@]12C)OCCO5. The van der Waals surface area contributed by atoms with Gasteiger partial charge < -0.3 is 19.3 Å². The highest BCUT2D eigenvalue weighted by atomic mass is 16.7. The summed E-state index contributed by atoms with van der Waals surface area (Å²) < 4.78 is 17.8. The van der Waals surface area contributed by atoms with Crippen LogP contribution in [0.5, 0.6) is 0 Å². The molecule has 1 N–H and O–H groups in total. The molecular weight excluding hydrogens is 368 g/mol. The first kappa shape index (κ1) is 20.3. The van der Waals surface area contributed by atoms with Crippen molar-refractivity contribution in [1.82, 2.24) is 0 Å². The number of rotatable bonds is 1. The summed E-state index contributed by atoms with van der Waals surface area (Å²) in [5.41, 5.74) is -0.749. The Hall–Kier alpha value is -0.650. The van der Waals surface area contributed by atoms with Gasteiger partial charge in [0.2, 0.25) is 0 Å². The summed E-state index contributed by atoms with van der Waals surface area (Å²) in [7, 11) is 0. The van der Waals surface area contributed by atoms with Gasteiger partial charge in [0, 0.05) is 30.6 Å². The highest BCUT2D eigenvalue weighted by Crippen LogP contribution is 2.69. The Bertz CT molecular complexity index is 687. The van der Waals surface area contributed by atoms with Crippen molar-refractivity contribution >= 4 is 5.97 Å². The van der Waals surface area contributed by atoms with Gasteiger partial charge in [-0.25, -0.2) is 0 Å². The van der Waals surface area contributed by atoms with Crippen molar-refractivity contribution in [3.05, 3.63) is 0 Å². The standard InChI is InChI=1S/C24H38O5/c1-15-13-17-18-5-6-20(29-16(2)25)21(18,3)8-7-19(17)22(4)9-10-23(14-24(15,22)26)27-11-12-28-23/h15,17-20,26H,5-14H2,1-4H3/t15-,17+,18+,19+,20+,21+,22-,24+/m1/s1. The Morgan fingerprint density at radius 3 is 2.45 bits per heavy atom. The summed E-state index contributed by atoms with van der Waals surface area (Å²) in [6, 6.07) is 0. The highest BCUT2D eigenvalue weighted by molar-refractivity contribution is 5.66. The first-order valence-corrected chi connectivity index (χ1v) is 11.8. The van der Waals surface area contributed by atoms with E-state index in [1.807, 2.05) is 0 Å². The average Bonchev–Trinajstić information content (AvgIpc) is 3.23. The fourth-order valence-corrected chi connectivity index (χ4v) is 8.71. The van der Waals surface area contributed by atoms with Gasteiger partial charge in [-0.1, -0.05) is 20.8 Å². The van der Waals surface area contributed by atoms with E-state index in [4.69, 9.17) is 14.2 Å². The van der Waals surface area contributed by atoms with Crippen molar-refractivity contribution in [3.8, 4) is 0 Å². The van der Waals surface area contributed by atoms with Gasteiger partial charge in [-0.15, -0.1) is 0 Å². The smallest absolute Gasteiger partial charge is 0.302 e. The van der Waals surface area contributed by atoms with Crippen LogP contribution in [0, 0.1) is 34.5 Å². The molecule has 1 aliphatic heterocycles. The second-order valence-electron chi connectivity index (χ2n) is 11.4. The van der Waals surface area contributed by atoms with Crippen LogP contribution in [0.15, 0.2) is 0 Å². The van der Waals surface area contributed by atoms with Crippen molar-refractivity contribution in [2.75, 3.05) is 13.2 Å². The minimum atomic E-state index is -0.738. The molecule has 5 heteroatoms. The molecule has 5 aliphatic rings. The molecule has 0 radical (unpaired) electrons. The molecular formula is C24H38O5. The molecule has 29 heavy (non-hydrogen) atoms. The molecule has 0 aromatic rings. The monoisotopic (exact) mass is 406 g/mol. The maximum Gasteiger partial charge on any atom is 0.302 e. The Kier molecular flexibility index (Phi) is 4.49. The number of fused-ring (bicyclic) bond motifs is 5. The molecule has 5 nitrogen and oxygen atoms in total. The quantitative estimate of drug-likeness (QED) is 0.665. The Morgan fingerprint density at radius 2 is 1.76 bits per heavy atom. The van der Waals surface area contributed by atoms with E-state index in [1.54, 1.807) is 0 Å². The van der Waals surface area contributed by atoms with Crippen LogP contribution >= 0.6 is 0 Å². The number of carbonyl (C=O) groups is 1. The van der Waals surface area contributed by atoms with Crippen LogP contribution in [0.4, 0.5) is 0 Å². The third kappa shape index (κ3) is 2.66. The van der Waals surface area contributed by atoms with E-state index in [0.29, 0.717) is 37.4 Å². The number of ether oxygens (including phenoxy) is 3. The number of carbonyl (C=O) groups excluding carboxylic acids is 1. The Morgan fingerprint density at radius 1 is 1.03 bits per heavy atom. The topological polar surface area (TPSA) is 65.0 Å². The fourth-order valence-electron chi connectivity index (χ4n) is 8.71. The summed E-state index contributed by atoms with van der Waals surface area (Å²) in [6.07, 6.45) is 7.93. The first-order chi connectivity index (χ1) is 13.6. The van der Waals surface area contributed by atoms with E-state index in [1.165, 1.54) is 6.92 Å². The molecule has 1 saturated heterocycles. The predicted octanol–water partition coefficient (Wildman–Crippen LogP) is 4.06. The van der Waals surface area contributed by atoms with Gasteiger partial charge in [0.05, 0.1) is 18.8 Å². The average molecular weight is 407 g/mol. The first-order valence-electron chi connectivity index (χ1n) is 11.8. The molecule has 1 heterocycles. The van der Waals surface area contributed by atoms with Gasteiger partial charge in [-0.2, -0.15) is 0 Å². The zero-order valence-corrected chi connectivity index (χ0v) is 18.5. The molecule has 0 unspecified atom stereocenters. The number of aliphatic hydroxyl groups is 1. The van der Waals surface area contributed by atoms with Crippen LogP contribution in [-0.4, -0.2) is 41.8 Å². The second-order valence-corrected chi connectivity index (χ2v) is 11.4. The van der Waals surface area contributed by atoms with Gasteiger partial charge >= 0.3 is 5.97 Å². The highest BCUT2D eigenvalue weighted by Gasteiger charge is 2.69. The normalized spacial score (nSPS) is 53.2. The van der Waals surface area contributed by atoms with E-state index in [9.17, 15) is 9.90 Å². The minimum Gasteiger partial charge on any atom is -0.462 e. The van der Waals surface area contributed by atoms with E-state index >= 15 is 0 Å². The van der Waals surface area contributed by atoms with Crippen molar-refractivity contribution in [1.29, 1.82) is 0 Å². The van der Waals surface area contributed by atoms with Crippen LogP contribution in [-0.2, 0) is 19.0 Å². The maximum absolute atomic E-state index is 12.1. The molecule has 0 aromatic carbocycles. The molecule has 8 atom stereocenters. The largest absolute Gasteiger partial charge is 0.462 e. The summed E-state index contributed by atoms with van der Waals surface area (Å²) in [4.78, 5) is 11.7. The number of hydrogen-bond acceptors (Lipinski definition) is 5. The lowest BCUT2D eigenvalue weighted by Crippen LogP contribution is -2.68. The van der Waals surface area contributed by atoms with E-state index < -0.39 is 11.4 Å². The molecule has 5 rings (SSSR count). The zero-order chi connectivity index (χ0) is 20.7. The van der Waals surface area contributed by atoms with Gasteiger partial charge in [0.1, 0.15) is 6.10 Å². The van der Waals surface area contributed by atoms with Crippen LogP contribution in [0.3, 0.4) is 0 Å². The lowest BCUT2D eigenvalue weighted by atomic mass is 9.41. The zero-order valence-electron chi connectivity index (χ0n) is 18.5. The third-order valence-electron chi connectivity index (χ3n) is 10.3. The van der Waals surface area contributed by atoms with Gasteiger partial charge in [-0.05, 0) is 62.2 Å². The van der Waals surface area contributed by atoms with E-state index in [0.717, 1.165) is 44.9 Å². The number of esters is 1. The van der Waals surface area contributed by atoms with Gasteiger partial charge in [0.15, 0.2) is 5.79 Å². The summed E-state index contributed by atoms with van der Waals surface area (Å²) in [6.45, 7) is 9.78. The Balaban J connectivity index is 1.45. The third-order valence-corrected chi connectivity index (χ3v) is 10.3. The molecule has 0 bridgehead atoms. The maximum atomic E-state index is 12.1. The van der Waals surface area contributed by atoms with Gasteiger partial charge in [0.25, 0.3) is 0 Å². The van der Waals surface area contributed by atoms with E-state index in [-0.39, 0.29) is 28.8 Å². The summed E-state index contributed by atoms with van der Waals surface area (Å²) >= 11 is 0. The molecule has 4 aliphatic carbocycles. The van der Waals surface area contributed by atoms with Crippen molar-refractivity contribution in [2.45, 2.75) is 96.6 Å². The molecule has 0 amide bonds.